The molecule has 1 fully saturated rings. The molecule has 0 saturated carbocycles. The van der Waals surface area contributed by atoms with Gasteiger partial charge in [0.1, 0.15) is 30.6 Å². The first-order valence-electron chi connectivity index (χ1n) is 11.5. The molecule has 1 saturated heterocycles. The lowest BCUT2D eigenvalue weighted by Gasteiger charge is -2.27. The molecule has 0 aliphatic carbocycles. The van der Waals surface area contributed by atoms with E-state index in [1.54, 1.807) is 13.8 Å². The van der Waals surface area contributed by atoms with Crippen LogP contribution in [0.4, 0.5) is 0 Å². The Balaban J connectivity index is 2.56. The topological polar surface area (TPSA) is 137 Å². The third kappa shape index (κ3) is 7.74. The molecule has 0 spiro atoms. The fourth-order valence-electron chi connectivity index (χ4n) is 3.38. The van der Waals surface area contributed by atoms with E-state index in [9.17, 15) is 14.4 Å². The molecular formula is C23H33N3O9. The Hall–Kier alpha value is -3.01. The summed E-state index contributed by atoms with van der Waals surface area (Å²) in [6, 6.07) is 0. The van der Waals surface area contributed by atoms with Crippen LogP contribution in [-0.2, 0) is 38.0 Å². The number of hydrogen-bond donors (Lipinski definition) is 0. The average molecular weight is 496 g/mol. The van der Waals surface area contributed by atoms with Crippen molar-refractivity contribution in [3.63, 3.8) is 0 Å². The SMILES string of the molecule is CCOC(=O)C#Cc1c(C(=O)OCC)nnn1[C@@H]1O[C@H](COC(C)=O)[C@@H](OC(C)C)[C@H]1OC(C)C. The summed E-state index contributed by atoms with van der Waals surface area (Å²) in [6.07, 6.45) is -3.51. The molecule has 12 heteroatoms. The molecule has 4 atom stereocenters. The molecule has 35 heavy (non-hydrogen) atoms. The van der Waals surface area contributed by atoms with Crippen LogP contribution in [0.5, 0.6) is 0 Å². The number of esters is 3. The van der Waals surface area contributed by atoms with E-state index in [4.69, 9.17) is 28.4 Å². The van der Waals surface area contributed by atoms with Crippen LogP contribution in [0.25, 0.3) is 0 Å². The van der Waals surface area contributed by atoms with Crippen LogP contribution in [-0.4, -0.2) is 83.2 Å². The number of hydrogen-bond acceptors (Lipinski definition) is 11. The molecule has 1 aliphatic heterocycles. The molecule has 0 aromatic carbocycles. The maximum absolute atomic E-state index is 12.5. The third-order valence-electron chi connectivity index (χ3n) is 4.56. The molecule has 2 heterocycles. The number of nitrogens with zero attached hydrogens (tertiary/aromatic N) is 3. The van der Waals surface area contributed by atoms with E-state index in [2.05, 4.69) is 22.2 Å². The lowest BCUT2D eigenvalue weighted by atomic mass is 10.1. The lowest BCUT2D eigenvalue weighted by molar-refractivity contribution is -0.149. The van der Waals surface area contributed by atoms with Crippen LogP contribution in [0.15, 0.2) is 0 Å². The maximum Gasteiger partial charge on any atom is 0.384 e. The van der Waals surface area contributed by atoms with Crippen LogP contribution in [0, 0.1) is 11.8 Å². The normalized spacial score (nSPS) is 21.5. The van der Waals surface area contributed by atoms with Gasteiger partial charge in [-0.15, -0.1) is 5.10 Å². The second-order valence-electron chi connectivity index (χ2n) is 8.09. The van der Waals surface area contributed by atoms with Crippen LogP contribution in [0.1, 0.15) is 70.9 Å². The van der Waals surface area contributed by atoms with Crippen molar-refractivity contribution < 1.29 is 42.8 Å². The first kappa shape index (κ1) is 28.2. The standard InChI is InChI=1S/C23H33N3O9/c1-8-30-18(28)11-10-16-19(23(29)31-9-2)24-25-26(16)22-21(34-14(5)6)20(33-13(3)4)17(35-22)12-32-15(7)27/h13-14,17,20-22H,8-9,12H2,1-7H3/t17-,20-,21-,22-/m1/s1. The van der Waals surface area contributed by atoms with Gasteiger partial charge in [-0.05, 0) is 47.5 Å². The Morgan fingerprint density at radius 3 is 2.20 bits per heavy atom. The van der Waals surface area contributed by atoms with Crippen molar-refractivity contribution in [1.82, 2.24) is 15.0 Å². The van der Waals surface area contributed by atoms with Gasteiger partial charge in [-0.1, -0.05) is 5.21 Å². The van der Waals surface area contributed by atoms with Crippen molar-refractivity contribution in [1.29, 1.82) is 0 Å². The molecule has 0 N–H and O–H groups in total. The molecule has 194 valence electrons. The fourth-order valence-corrected chi connectivity index (χ4v) is 3.38. The van der Waals surface area contributed by atoms with Gasteiger partial charge in [-0.25, -0.2) is 14.3 Å². The number of ether oxygens (including phenoxy) is 6. The van der Waals surface area contributed by atoms with Gasteiger partial charge in [0.25, 0.3) is 0 Å². The van der Waals surface area contributed by atoms with Gasteiger partial charge in [0, 0.05) is 12.8 Å². The summed E-state index contributed by atoms with van der Waals surface area (Å²) in [7, 11) is 0. The fraction of sp³-hybridized carbons (Fsp3) is 0.696. The molecule has 1 aromatic heterocycles. The summed E-state index contributed by atoms with van der Waals surface area (Å²) in [5.41, 5.74) is -0.212. The molecule has 0 amide bonds. The van der Waals surface area contributed by atoms with Gasteiger partial charge < -0.3 is 28.4 Å². The number of carbonyl (C=O) groups is 3. The zero-order valence-electron chi connectivity index (χ0n) is 21.1. The van der Waals surface area contributed by atoms with Gasteiger partial charge >= 0.3 is 17.9 Å². The minimum Gasteiger partial charge on any atom is -0.463 e. The highest BCUT2D eigenvalue weighted by molar-refractivity contribution is 5.92. The minimum absolute atomic E-state index is 0.0182. The molecule has 0 radical (unpaired) electrons. The zero-order chi connectivity index (χ0) is 26.1. The largest absolute Gasteiger partial charge is 0.463 e. The van der Waals surface area contributed by atoms with Crippen molar-refractivity contribution >= 4 is 17.9 Å². The average Bonchev–Trinajstić information content (AvgIpc) is 3.32. The number of carbonyl (C=O) groups excluding carboxylic acids is 3. The van der Waals surface area contributed by atoms with Crippen molar-refractivity contribution in [2.75, 3.05) is 19.8 Å². The first-order chi connectivity index (χ1) is 16.6. The van der Waals surface area contributed by atoms with E-state index in [0.717, 1.165) is 0 Å². The summed E-state index contributed by atoms with van der Waals surface area (Å²) >= 11 is 0. The highest BCUT2D eigenvalue weighted by Gasteiger charge is 2.50. The van der Waals surface area contributed by atoms with Crippen LogP contribution < -0.4 is 0 Å². The summed E-state index contributed by atoms with van der Waals surface area (Å²) in [6.45, 7) is 12.1. The Labute approximate surface area is 204 Å². The summed E-state index contributed by atoms with van der Waals surface area (Å²) in [4.78, 5) is 35.8. The second kappa shape index (κ2) is 13.2. The van der Waals surface area contributed by atoms with Gasteiger partial charge in [0.05, 0.1) is 25.4 Å². The Bertz CT molecular complexity index is 948. The first-order valence-corrected chi connectivity index (χ1v) is 11.5. The monoisotopic (exact) mass is 495 g/mol. The van der Waals surface area contributed by atoms with Gasteiger partial charge in [0.15, 0.2) is 6.23 Å². The van der Waals surface area contributed by atoms with Gasteiger partial charge in [-0.2, -0.15) is 0 Å². The van der Waals surface area contributed by atoms with E-state index >= 15 is 0 Å². The van der Waals surface area contributed by atoms with Crippen molar-refractivity contribution in [3.8, 4) is 11.8 Å². The van der Waals surface area contributed by atoms with Crippen molar-refractivity contribution in [2.24, 2.45) is 0 Å². The van der Waals surface area contributed by atoms with Crippen molar-refractivity contribution in [3.05, 3.63) is 11.4 Å². The van der Waals surface area contributed by atoms with Crippen LogP contribution in [0.2, 0.25) is 0 Å². The highest BCUT2D eigenvalue weighted by atomic mass is 16.6. The van der Waals surface area contributed by atoms with Crippen molar-refractivity contribution in [2.45, 2.75) is 85.2 Å². The van der Waals surface area contributed by atoms with Gasteiger partial charge in [-0.3, -0.25) is 4.79 Å². The molecule has 2 rings (SSSR count). The molecule has 1 aromatic rings. The zero-order valence-corrected chi connectivity index (χ0v) is 21.1. The molecular weight excluding hydrogens is 462 g/mol. The van der Waals surface area contributed by atoms with E-state index < -0.39 is 42.4 Å². The molecule has 12 nitrogen and oxygen atoms in total. The van der Waals surface area contributed by atoms with E-state index in [-0.39, 0.29) is 43.4 Å². The second-order valence-corrected chi connectivity index (χ2v) is 8.09. The predicted molar refractivity (Wildman–Crippen MR) is 120 cm³/mol. The third-order valence-corrected chi connectivity index (χ3v) is 4.56. The summed E-state index contributed by atoms with van der Waals surface area (Å²) in [5.74, 6) is 2.90. The Morgan fingerprint density at radius 2 is 1.63 bits per heavy atom. The smallest absolute Gasteiger partial charge is 0.384 e. The van der Waals surface area contributed by atoms with Crippen LogP contribution >= 0.6 is 0 Å². The molecule has 1 aliphatic rings. The lowest BCUT2D eigenvalue weighted by Crippen LogP contribution is -2.41. The predicted octanol–water partition coefficient (Wildman–Crippen LogP) is 1.42. The Kier molecular flexibility index (Phi) is 10.6. The summed E-state index contributed by atoms with van der Waals surface area (Å²) < 4.78 is 34.7. The highest BCUT2D eigenvalue weighted by Crippen LogP contribution is 2.36. The summed E-state index contributed by atoms with van der Waals surface area (Å²) in [5, 5.41) is 7.99. The number of aromatic nitrogens is 3. The quantitative estimate of drug-likeness (QED) is 0.265. The number of rotatable bonds is 10. The van der Waals surface area contributed by atoms with E-state index in [0.29, 0.717) is 0 Å². The molecule has 0 unspecified atom stereocenters. The molecule has 0 bridgehead atoms. The maximum atomic E-state index is 12.5. The van der Waals surface area contributed by atoms with Gasteiger partial charge in [0.2, 0.25) is 5.69 Å². The van der Waals surface area contributed by atoms with E-state index in [1.807, 2.05) is 27.7 Å². The minimum atomic E-state index is -0.969. The Morgan fingerprint density at radius 1 is 1.00 bits per heavy atom. The van der Waals surface area contributed by atoms with Crippen LogP contribution in [0.3, 0.4) is 0 Å². The van der Waals surface area contributed by atoms with E-state index in [1.165, 1.54) is 11.6 Å².